The predicted molar refractivity (Wildman–Crippen MR) is 116 cm³/mol. The average molecular weight is 463 g/mol. The highest BCUT2D eigenvalue weighted by molar-refractivity contribution is 5.66. The fourth-order valence-electron chi connectivity index (χ4n) is 4.58. The van der Waals surface area contributed by atoms with E-state index in [1.807, 2.05) is 6.07 Å². The van der Waals surface area contributed by atoms with E-state index in [-0.39, 0.29) is 12.0 Å². The summed E-state index contributed by atoms with van der Waals surface area (Å²) < 4.78 is 56.0. The zero-order chi connectivity index (χ0) is 24.1. The van der Waals surface area contributed by atoms with Crippen LogP contribution in [0.5, 0.6) is 0 Å². The number of alkyl halides is 3. The molecule has 3 aromatic carbocycles. The average Bonchev–Trinajstić information content (AvgIpc) is 3.42. The van der Waals surface area contributed by atoms with E-state index < -0.39 is 29.2 Å². The third-order valence-electron chi connectivity index (χ3n) is 6.27. The SMILES string of the molecule is N#Cc1ccc([C@H]2C[C@](O)(c3cccc(-c4cccc(C(F)(F)F)c4)c3)c3cncn32)c(F)c1. The van der Waals surface area contributed by atoms with Gasteiger partial charge in [0, 0.05) is 12.0 Å². The van der Waals surface area contributed by atoms with Crippen LogP contribution in [0.1, 0.15) is 40.4 Å². The summed E-state index contributed by atoms with van der Waals surface area (Å²) in [7, 11) is 0. The van der Waals surface area contributed by atoms with Gasteiger partial charge in [0.25, 0.3) is 0 Å². The molecule has 1 aliphatic rings. The number of benzene rings is 3. The molecule has 0 amide bonds. The van der Waals surface area contributed by atoms with E-state index in [0.29, 0.717) is 27.9 Å². The van der Waals surface area contributed by atoms with Gasteiger partial charge in [0.2, 0.25) is 0 Å². The molecule has 34 heavy (non-hydrogen) atoms. The second-order valence-electron chi connectivity index (χ2n) is 8.27. The van der Waals surface area contributed by atoms with Crippen LogP contribution in [0.3, 0.4) is 0 Å². The molecule has 0 radical (unpaired) electrons. The highest BCUT2D eigenvalue weighted by atomic mass is 19.4. The molecule has 4 nitrogen and oxygen atoms in total. The Morgan fingerprint density at radius 2 is 1.76 bits per heavy atom. The van der Waals surface area contributed by atoms with E-state index in [0.717, 1.165) is 18.2 Å². The van der Waals surface area contributed by atoms with Crippen LogP contribution in [0.4, 0.5) is 17.6 Å². The number of nitriles is 1. The molecule has 1 aliphatic heterocycles. The number of aromatic nitrogens is 2. The second-order valence-corrected chi connectivity index (χ2v) is 8.27. The molecular formula is C26H17F4N3O. The highest BCUT2D eigenvalue weighted by Crippen LogP contribution is 2.47. The van der Waals surface area contributed by atoms with Gasteiger partial charge in [0.15, 0.2) is 0 Å². The van der Waals surface area contributed by atoms with E-state index in [1.54, 1.807) is 34.9 Å². The van der Waals surface area contributed by atoms with E-state index in [4.69, 9.17) is 5.26 Å². The van der Waals surface area contributed by atoms with Crippen LogP contribution in [0.15, 0.2) is 79.3 Å². The number of rotatable bonds is 3. The Morgan fingerprint density at radius 1 is 1.03 bits per heavy atom. The number of halogens is 4. The molecule has 8 heteroatoms. The summed E-state index contributed by atoms with van der Waals surface area (Å²) >= 11 is 0. The third-order valence-corrected chi connectivity index (χ3v) is 6.27. The lowest BCUT2D eigenvalue weighted by Crippen LogP contribution is -2.24. The lowest BCUT2D eigenvalue weighted by Gasteiger charge is -2.24. The van der Waals surface area contributed by atoms with Gasteiger partial charge in [-0.25, -0.2) is 9.37 Å². The van der Waals surface area contributed by atoms with Gasteiger partial charge in [-0.2, -0.15) is 18.4 Å². The van der Waals surface area contributed by atoms with Crippen LogP contribution in [0.2, 0.25) is 0 Å². The molecule has 0 saturated carbocycles. The van der Waals surface area contributed by atoms with Crippen molar-refractivity contribution >= 4 is 0 Å². The molecule has 5 rings (SSSR count). The Labute approximate surface area is 192 Å². The summed E-state index contributed by atoms with van der Waals surface area (Å²) in [5.74, 6) is -0.564. The first-order chi connectivity index (χ1) is 16.2. The maximum absolute atomic E-state index is 14.8. The first-order valence-corrected chi connectivity index (χ1v) is 10.4. The van der Waals surface area contributed by atoms with Crippen molar-refractivity contribution in [3.63, 3.8) is 0 Å². The quantitative estimate of drug-likeness (QED) is 0.390. The van der Waals surface area contributed by atoms with E-state index in [1.165, 1.54) is 30.7 Å². The summed E-state index contributed by atoms with van der Waals surface area (Å²) in [6.07, 6.45) is -1.37. The van der Waals surface area contributed by atoms with Crippen LogP contribution in [0.25, 0.3) is 11.1 Å². The minimum absolute atomic E-state index is 0.0969. The molecule has 4 aromatic rings. The van der Waals surface area contributed by atoms with Gasteiger partial charge < -0.3 is 9.67 Å². The first-order valence-electron chi connectivity index (χ1n) is 10.4. The van der Waals surface area contributed by atoms with Crippen molar-refractivity contribution in [1.29, 1.82) is 5.26 Å². The molecule has 0 bridgehead atoms. The zero-order valence-electron chi connectivity index (χ0n) is 17.6. The number of hydrogen-bond acceptors (Lipinski definition) is 3. The van der Waals surface area contributed by atoms with Crippen molar-refractivity contribution in [3.8, 4) is 17.2 Å². The summed E-state index contributed by atoms with van der Waals surface area (Å²) in [5, 5.41) is 20.8. The molecule has 2 heterocycles. The maximum Gasteiger partial charge on any atom is 0.416 e. The zero-order valence-corrected chi connectivity index (χ0v) is 17.6. The molecule has 0 aliphatic carbocycles. The predicted octanol–water partition coefficient (Wildman–Crippen LogP) is 5.81. The van der Waals surface area contributed by atoms with Gasteiger partial charge in [0.05, 0.1) is 41.5 Å². The maximum atomic E-state index is 14.8. The lowest BCUT2D eigenvalue weighted by atomic mass is 9.85. The van der Waals surface area contributed by atoms with Gasteiger partial charge in [-0.1, -0.05) is 36.4 Å². The Bertz CT molecular complexity index is 1440. The molecule has 2 atom stereocenters. The van der Waals surface area contributed by atoms with Gasteiger partial charge in [-0.3, -0.25) is 0 Å². The lowest BCUT2D eigenvalue weighted by molar-refractivity contribution is -0.137. The summed E-state index contributed by atoms with van der Waals surface area (Å²) in [4.78, 5) is 4.13. The molecular weight excluding hydrogens is 446 g/mol. The number of hydrogen-bond donors (Lipinski definition) is 1. The number of nitrogens with zero attached hydrogens (tertiary/aromatic N) is 3. The molecule has 1 N–H and O–H groups in total. The Kier molecular flexibility index (Phi) is 5.03. The number of fused-ring (bicyclic) bond motifs is 1. The number of aliphatic hydroxyl groups is 1. The van der Waals surface area contributed by atoms with Crippen LogP contribution in [-0.4, -0.2) is 14.7 Å². The van der Waals surface area contributed by atoms with Crippen LogP contribution in [0, 0.1) is 17.1 Å². The van der Waals surface area contributed by atoms with Gasteiger partial charge in [-0.05, 0) is 47.0 Å². The van der Waals surface area contributed by atoms with Crippen molar-refractivity contribution in [2.75, 3.05) is 0 Å². The highest BCUT2D eigenvalue weighted by Gasteiger charge is 2.45. The summed E-state index contributed by atoms with van der Waals surface area (Å²) in [6, 6.07) is 17.2. The van der Waals surface area contributed by atoms with Crippen LogP contribution in [-0.2, 0) is 11.8 Å². The van der Waals surface area contributed by atoms with Crippen LogP contribution >= 0.6 is 0 Å². The Morgan fingerprint density at radius 3 is 2.47 bits per heavy atom. The summed E-state index contributed by atoms with van der Waals surface area (Å²) in [6.45, 7) is 0. The fourth-order valence-corrected chi connectivity index (χ4v) is 4.58. The second kappa shape index (κ2) is 7.82. The Hall–Kier alpha value is -3.96. The van der Waals surface area contributed by atoms with Crippen molar-refractivity contribution in [1.82, 2.24) is 9.55 Å². The van der Waals surface area contributed by atoms with Crippen molar-refractivity contribution in [2.24, 2.45) is 0 Å². The normalized spacial score (nSPS) is 19.6. The smallest absolute Gasteiger partial charge is 0.379 e. The molecule has 0 spiro atoms. The van der Waals surface area contributed by atoms with Crippen molar-refractivity contribution < 1.29 is 22.7 Å². The van der Waals surface area contributed by atoms with Gasteiger partial charge in [0.1, 0.15) is 11.4 Å². The standard InChI is InChI=1S/C26H17F4N3O/c27-22-9-16(13-31)7-8-21(22)23-12-25(34,24-14-32-15-33(23)24)19-5-1-3-17(10-19)18-4-2-6-20(11-18)26(28,29)30/h1-11,14-15,23,34H,12H2/t23-,25+/m1/s1. The Balaban J connectivity index is 1.56. The fraction of sp³-hybridized carbons (Fsp3) is 0.154. The van der Waals surface area contributed by atoms with Gasteiger partial charge >= 0.3 is 6.18 Å². The van der Waals surface area contributed by atoms with Crippen molar-refractivity contribution in [2.45, 2.75) is 24.2 Å². The van der Waals surface area contributed by atoms with Crippen LogP contribution < -0.4 is 0 Å². The molecule has 1 aromatic heterocycles. The molecule has 0 saturated heterocycles. The first kappa shape index (κ1) is 21.9. The van der Waals surface area contributed by atoms with E-state index in [9.17, 15) is 22.7 Å². The molecule has 170 valence electrons. The molecule has 0 fully saturated rings. The molecule has 0 unspecified atom stereocenters. The van der Waals surface area contributed by atoms with E-state index >= 15 is 0 Å². The minimum atomic E-state index is -4.47. The number of imidazole rings is 1. The largest absolute Gasteiger partial charge is 0.416 e. The topological polar surface area (TPSA) is 61.8 Å². The summed E-state index contributed by atoms with van der Waals surface area (Å²) in [5.41, 5.74) is -0.0263. The van der Waals surface area contributed by atoms with Gasteiger partial charge in [-0.15, -0.1) is 0 Å². The van der Waals surface area contributed by atoms with E-state index in [2.05, 4.69) is 4.98 Å². The van der Waals surface area contributed by atoms with Crippen molar-refractivity contribution in [3.05, 3.63) is 113 Å². The minimum Gasteiger partial charge on any atom is -0.379 e. The third kappa shape index (κ3) is 3.55. The monoisotopic (exact) mass is 463 g/mol.